The van der Waals surface area contributed by atoms with Gasteiger partial charge in [-0.3, -0.25) is 14.5 Å². The fraction of sp³-hybridized carbons (Fsp3) is 0.174. The Morgan fingerprint density at radius 1 is 1.21 bits per heavy atom. The number of hydrogen-bond donors (Lipinski definition) is 0. The van der Waals surface area contributed by atoms with E-state index < -0.39 is 0 Å². The average Bonchev–Trinajstić information content (AvgIpc) is 3.37. The first kappa shape index (κ1) is 17.8. The van der Waals surface area contributed by atoms with Gasteiger partial charge in [-0.2, -0.15) is 5.10 Å². The maximum absolute atomic E-state index is 12.3. The first-order valence-electron chi connectivity index (χ1n) is 9.56. The number of aromatic nitrogens is 3. The molecule has 0 unspecified atom stereocenters. The smallest absolute Gasteiger partial charge is 0.246 e. The molecule has 0 N–H and O–H groups in total. The topological polar surface area (TPSA) is 51.0 Å². The number of benzene rings is 1. The number of thiophene rings is 1. The van der Waals surface area contributed by atoms with Crippen LogP contribution >= 0.6 is 11.3 Å². The fourth-order valence-corrected chi connectivity index (χ4v) is 4.83. The van der Waals surface area contributed by atoms with Crippen molar-refractivity contribution in [3.8, 4) is 22.4 Å². The molecule has 1 aromatic carbocycles. The second-order valence-electron chi connectivity index (χ2n) is 7.30. The van der Waals surface area contributed by atoms with Crippen LogP contribution in [-0.4, -0.2) is 32.1 Å². The maximum atomic E-state index is 12.3. The summed E-state index contributed by atoms with van der Waals surface area (Å²) < 4.78 is 3.34. The average molecular weight is 401 g/mol. The summed E-state index contributed by atoms with van der Waals surface area (Å²) in [5.74, 6) is -0.0498. The first-order valence-corrected chi connectivity index (χ1v) is 10.4. The third kappa shape index (κ3) is 2.96. The van der Waals surface area contributed by atoms with Crippen LogP contribution in [0.25, 0.3) is 32.5 Å². The highest BCUT2D eigenvalue weighted by atomic mass is 32.1. The molecule has 1 amide bonds. The highest BCUT2D eigenvalue weighted by molar-refractivity contribution is 7.17. The van der Waals surface area contributed by atoms with E-state index in [-0.39, 0.29) is 11.9 Å². The minimum atomic E-state index is -0.0498. The minimum absolute atomic E-state index is 0.0498. The van der Waals surface area contributed by atoms with Gasteiger partial charge in [0, 0.05) is 34.8 Å². The predicted octanol–water partition coefficient (Wildman–Crippen LogP) is 4.92. The van der Waals surface area contributed by atoms with Gasteiger partial charge in [0.15, 0.2) is 0 Å². The number of pyridine rings is 1. The van der Waals surface area contributed by atoms with Gasteiger partial charge in [0.25, 0.3) is 0 Å². The minimum Gasteiger partial charge on any atom is -0.331 e. The van der Waals surface area contributed by atoms with Crippen molar-refractivity contribution in [2.75, 3.05) is 6.54 Å². The zero-order valence-corrected chi connectivity index (χ0v) is 16.9. The molecule has 29 heavy (non-hydrogen) atoms. The molecule has 4 heterocycles. The molecule has 0 bridgehead atoms. The van der Waals surface area contributed by atoms with Gasteiger partial charge in [0.1, 0.15) is 5.69 Å². The van der Waals surface area contributed by atoms with E-state index in [0.29, 0.717) is 13.1 Å². The molecule has 144 valence electrons. The number of fused-ring (bicyclic) bond motifs is 2. The van der Waals surface area contributed by atoms with Crippen LogP contribution in [0.3, 0.4) is 0 Å². The second kappa shape index (κ2) is 6.97. The molecule has 0 saturated heterocycles. The molecule has 6 heteroatoms. The van der Waals surface area contributed by atoms with E-state index in [0.717, 1.165) is 28.1 Å². The Balaban J connectivity index is 1.73. The van der Waals surface area contributed by atoms with E-state index in [9.17, 15) is 4.79 Å². The number of hydrogen-bond acceptors (Lipinski definition) is 4. The van der Waals surface area contributed by atoms with E-state index in [1.54, 1.807) is 23.7 Å². The van der Waals surface area contributed by atoms with Crippen molar-refractivity contribution < 1.29 is 4.79 Å². The summed E-state index contributed by atoms with van der Waals surface area (Å²) in [7, 11) is 0. The van der Waals surface area contributed by atoms with Gasteiger partial charge >= 0.3 is 0 Å². The number of amides is 1. The molecule has 5 rings (SSSR count). The van der Waals surface area contributed by atoms with Gasteiger partial charge in [0.05, 0.1) is 18.3 Å². The van der Waals surface area contributed by atoms with Crippen molar-refractivity contribution in [2.45, 2.75) is 19.5 Å². The van der Waals surface area contributed by atoms with Crippen LogP contribution in [0.5, 0.6) is 0 Å². The molecule has 1 aliphatic rings. The van der Waals surface area contributed by atoms with Gasteiger partial charge in [0.2, 0.25) is 5.91 Å². The molecule has 0 saturated carbocycles. The number of carbonyl (C=O) groups excluding carboxylic acids is 1. The van der Waals surface area contributed by atoms with Crippen LogP contribution < -0.4 is 0 Å². The zero-order valence-electron chi connectivity index (χ0n) is 16.1. The lowest BCUT2D eigenvalue weighted by Gasteiger charge is -2.32. The largest absolute Gasteiger partial charge is 0.331 e. The summed E-state index contributed by atoms with van der Waals surface area (Å²) in [5, 5.41) is 8.35. The lowest BCUT2D eigenvalue weighted by molar-refractivity contribution is -0.127. The molecule has 5 nitrogen and oxygen atoms in total. The highest BCUT2D eigenvalue weighted by Crippen LogP contribution is 2.39. The molecule has 0 fully saturated rings. The third-order valence-corrected chi connectivity index (χ3v) is 6.33. The first-order chi connectivity index (χ1) is 14.2. The second-order valence-corrected chi connectivity index (χ2v) is 8.24. The Labute approximate surface area is 172 Å². The molecule has 0 radical (unpaired) electrons. The van der Waals surface area contributed by atoms with Gasteiger partial charge in [-0.25, -0.2) is 0 Å². The van der Waals surface area contributed by atoms with Crippen LogP contribution in [0.2, 0.25) is 0 Å². The quantitative estimate of drug-likeness (QED) is 0.459. The maximum Gasteiger partial charge on any atom is 0.246 e. The van der Waals surface area contributed by atoms with Crippen LogP contribution in [0, 0.1) is 0 Å². The van der Waals surface area contributed by atoms with Gasteiger partial charge in [-0.1, -0.05) is 12.6 Å². The van der Waals surface area contributed by atoms with Crippen molar-refractivity contribution in [2.24, 2.45) is 0 Å². The van der Waals surface area contributed by atoms with Crippen LogP contribution in [-0.2, 0) is 11.3 Å². The van der Waals surface area contributed by atoms with Crippen molar-refractivity contribution in [3.05, 3.63) is 72.5 Å². The number of nitrogens with zero attached hydrogens (tertiary/aromatic N) is 4. The van der Waals surface area contributed by atoms with Crippen LogP contribution in [0.15, 0.2) is 66.8 Å². The molecule has 1 atom stereocenters. The SMILES string of the molecule is C=CC(=O)N1Cc2c(-c3ccncc3)c(-c3ccc4sccc4c3)nn2[C@H](C)C1. The summed E-state index contributed by atoms with van der Waals surface area (Å²) in [5.41, 5.74) is 5.19. The highest BCUT2D eigenvalue weighted by Gasteiger charge is 2.30. The zero-order chi connectivity index (χ0) is 20.0. The van der Waals surface area contributed by atoms with Crippen molar-refractivity contribution in [3.63, 3.8) is 0 Å². The lowest BCUT2D eigenvalue weighted by atomic mass is 9.98. The summed E-state index contributed by atoms with van der Waals surface area (Å²) in [6, 6.07) is 12.7. The molecule has 0 aliphatic carbocycles. The van der Waals surface area contributed by atoms with Gasteiger partial charge in [-0.15, -0.1) is 11.3 Å². The summed E-state index contributed by atoms with van der Waals surface area (Å²) in [6.45, 7) is 6.89. The van der Waals surface area contributed by atoms with Crippen LogP contribution in [0.1, 0.15) is 18.7 Å². The fourth-order valence-electron chi connectivity index (χ4n) is 4.06. The van der Waals surface area contributed by atoms with Gasteiger partial charge < -0.3 is 4.90 Å². The van der Waals surface area contributed by atoms with Crippen molar-refractivity contribution >= 4 is 27.3 Å². The molecular formula is C23H20N4OS. The molecule has 0 spiro atoms. The van der Waals surface area contributed by atoms with E-state index in [4.69, 9.17) is 5.10 Å². The molecule has 1 aliphatic heterocycles. The summed E-state index contributed by atoms with van der Waals surface area (Å²) in [6.07, 6.45) is 4.98. The van der Waals surface area contributed by atoms with Crippen LogP contribution in [0.4, 0.5) is 0 Å². The standard InChI is InChI=1S/C23H20N4OS/c1-3-21(28)26-13-15(2)27-19(14-26)22(16-6-9-24-10-7-16)23(25-27)18-4-5-20-17(12-18)8-11-29-20/h3-12,15H,1,13-14H2,2H3/t15-/m1/s1. The lowest BCUT2D eigenvalue weighted by Crippen LogP contribution is -2.39. The van der Waals surface area contributed by atoms with E-state index >= 15 is 0 Å². The van der Waals surface area contributed by atoms with Gasteiger partial charge in [-0.05, 0) is 59.7 Å². The Morgan fingerprint density at radius 2 is 2.03 bits per heavy atom. The van der Waals surface area contributed by atoms with E-state index in [1.165, 1.54) is 16.2 Å². The summed E-state index contributed by atoms with van der Waals surface area (Å²) in [4.78, 5) is 18.3. The Morgan fingerprint density at radius 3 is 2.83 bits per heavy atom. The normalized spacial score (nSPS) is 16.0. The molecular weight excluding hydrogens is 380 g/mol. The van der Waals surface area contributed by atoms with E-state index in [2.05, 4.69) is 52.8 Å². The predicted molar refractivity (Wildman–Crippen MR) is 117 cm³/mol. The Hall–Kier alpha value is -3.25. The van der Waals surface area contributed by atoms with Crippen molar-refractivity contribution in [1.29, 1.82) is 0 Å². The number of carbonyl (C=O) groups is 1. The number of rotatable bonds is 3. The Bertz CT molecular complexity index is 1220. The third-order valence-electron chi connectivity index (χ3n) is 5.43. The summed E-state index contributed by atoms with van der Waals surface area (Å²) >= 11 is 1.74. The van der Waals surface area contributed by atoms with Crippen molar-refractivity contribution in [1.82, 2.24) is 19.7 Å². The molecule has 4 aromatic rings. The monoisotopic (exact) mass is 400 g/mol. The Kier molecular flexibility index (Phi) is 4.28. The van der Waals surface area contributed by atoms with E-state index in [1.807, 2.05) is 17.0 Å². The molecule has 3 aromatic heterocycles.